The first-order valence-electron chi connectivity index (χ1n) is 7.38. The number of nitrogens with zero attached hydrogens (tertiary/aromatic N) is 4. The van der Waals surface area contributed by atoms with Crippen LogP contribution < -0.4 is 0 Å². The average Bonchev–Trinajstić information content (AvgIpc) is 2.92. The molecule has 2 aromatic rings. The molecular weight excluding hydrogens is 280 g/mol. The van der Waals surface area contributed by atoms with E-state index in [4.69, 9.17) is 4.74 Å². The molecule has 2 aromatic heterocycles. The van der Waals surface area contributed by atoms with Gasteiger partial charge in [0, 0.05) is 26.4 Å². The highest BCUT2D eigenvalue weighted by Crippen LogP contribution is 2.26. The van der Waals surface area contributed by atoms with Crippen molar-refractivity contribution in [3.8, 4) is 0 Å². The summed E-state index contributed by atoms with van der Waals surface area (Å²) in [5, 5.41) is 0. The highest BCUT2D eigenvalue weighted by molar-refractivity contribution is 5.92. The summed E-state index contributed by atoms with van der Waals surface area (Å²) in [4.78, 5) is 23.2. The van der Waals surface area contributed by atoms with E-state index >= 15 is 0 Å². The average molecular weight is 300 g/mol. The number of rotatable bonds is 3. The first-order chi connectivity index (χ1) is 10.6. The van der Waals surface area contributed by atoms with Crippen LogP contribution in [0.3, 0.4) is 0 Å². The molecule has 1 atom stereocenters. The third kappa shape index (κ3) is 2.50. The predicted molar refractivity (Wildman–Crippen MR) is 81.4 cm³/mol. The zero-order valence-electron chi connectivity index (χ0n) is 13.1. The number of amides is 1. The Morgan fingerprint density at radius 3 is 2.82 bits per heavy atom. The summed E-state index contributed by atoms with van der Waals surface area (Å²) < 4.78 is 7.33. The van der Waals surface area contributed by atoms with Crippen LogP contribution in [0.5, 0.6) is 0 Å². The number of carbonyl (C=O) groups excluding carboxylic acids is 1. The fourth-order valence-electron chi connectivity index (χ4n) is 2.84. The van der Waals surface area contributed by atoms with Crippen molar-refractivity contribution in [2.24, 2.45) is 0 Å². The Kier molecular flexibility index (Phi) is 3.94. The SMILES string of the molecule is COCc1cnc2n1CCN(C(=O)c1ccc(C)cn1)[C@H]2C. The zero-order valence-corrected chi connectivity index (χ0v) is 13.1. The van der Waals surface area contributed by atoms with Gasteiger partial charge in [-0.25, -0.2) is 4.98 Å². The van der Waals surface area contributed by atoms with E-state index in [2.05, 4.69) is 14.5 Å². The molecule has 0 N–H and O–H groups in total. The van der Waals surface area contributed by atoms with Crippen molar-refractivity contribution < 1.29 is 9.53 Å². The zero-order chi connectivity index (χ0) is 15.7. The van der Waals surface area contributed by atoms with Crippen LogP contribution >= 0.6 is 0 Å². The summed E-state index contributed by atoms with van der Waals surface area (Å²) in [5.74, 6) is 0.855. The number of methoxy groups -OCH3 is 1. The summed E-state index contributed by atoms with van der Waals surface area (Å²) in [5.41, 5.74) is 2.57. The van der Waals surface area contributed by atoms with Gasteiger partial charge in [0.1, 0.15) is 11.5 Å². The number of ether oxygens (including phenoxy) is 1. The Morgan fingerprint density at radius 2 is 2.14 bits per heavy atom. The van der Waals surface area contributed by atoms with Gasteiger partial charge in [-0.15, -0.1) is 0 Å². The molecule has 22 heavy (non-hydrogen) atoms. The second-order valence-corrected chi connectivity index (χ2v) is 5.59. The fourth-order valence-corrected chi connectivity index (χ4v) is 2.84. The lowest BCUT2D eigenvalue weighted by atomic mass is 10.1. The van der Waals surface area contributed by atoms with Gasteiger partial charge in [-0.1, -0.05) is 6.07 Å². The van der Waals surface area contributed by atoms with Crippen molar-refractivity contribution in [3.63, 3.8) is 0 Å². The summed E-state index contributed by atoms with van der Waals surface area (Å²) in [7, 11) is 1.67. The highest BCUT2D eigenvalue weighted by atomic mass is 16.5. The lowest BCUT2D eigenvalue weighted by Gasteiger charge is -2.34. The molecule has 3 rings (SSSR count). The molecule has 0 fully saturated rings. The highest BCUT2D eigenvalue weighted by Gasteiger charge is 2.31. The lowest BCUT2D eigenvalue weighted by molar-refractivity contribution is 0.0626. The number of hydrogen-bond acceptors (Lipinski definition) is 4. The van der Waals surface area contributed by atoms with Crippen LogP contribution in [-0.4, -0.2) is 39.0 Å². The molecule has 1 aliphatic heterocycles. The van der Waals surface area contributed by atoms with Crippen LogP contribution in [0.25, 0.3) is 0 Å². The minimum absolute atomic E-state index is 0.0463. The molecule has 0 unspecified atom stereocenters. The van der Waals surface area contributed by atoms with Crippen molar-refractivity contribution in [2.45, 2.75) is 33.0 Å². The lowest BCUT2D eigenvalue weighted by Crippen LogP contribution is -2.41. The van der Waals surface area contributed by atoms with E-state index in [9.17, 15) is 4.79 Å². The van der Waals surface area contributed by atoms with Crippen LogP contribution in [0.2, 0.25) is 0 Å². The van der Waals surface area contributed by atoms with Crippen LogP contribution in [-0.2, 0) is 17.9 Å². The molecule has 6 nitrogen and oxygen atoms in total. The van der Waals surface area contributed by atoms with Gasteiger partial charge < -0.3 is 14.2 Å². The maximum atomic E-state index is 12.7. The summed E-state index contributed by atoms with van der Waals surface area (Å²) in [6.07, 6.45) is 3.55. The normalized spacial score (nSPS) is 17.4. The number of hydrogen-bond donors (Lipinski definition) is 0. The number of fused-ring (bicyclic) bond motifs is 1. The van der Waals surface area contributed by atoms with Gasteiger partial charge in [-0.2, -0.15) is 0 Å². The van der Waals surface area contributed by atoms with Crippen molar-refractivity contribution in [2.75, 3.05) is 13.7 Å². The van der Waals surface area contributed by atoms with Gasteiger partial charge in [-0.05, 0) is 25.5 Å². The van der Waals surface area contributed by atoms with E-state index in [1.165, 1.54) is 0 Å². The van der Waals surface area contributed by atoms with Crippen molar-refractivity contribution in [1.82, 2.24) is 19.4 Å². The molecule has 0 spiro atoms. The number of aryl methyl sites for hydroxylation is 1. The molecule has 1 aliphatic rings. The molecule has 0 saturated heterocycles. The molecule has 0 aliphatic carbocycles. The third-order valence-corrected chi connectivity index (χ3v) is 4.06. The molecule has 116 valence electrons. The molecule has 1 amide bonds. The molecule has 0 radical (unpaired) electrons. The van der Waals surface area contributed by atoms with Gasteiger partial charge in [0.25, 0.3) is 5.91 Å². The molecule has 0 bridgehead atoms. The fraction of sp³-hybridized carbons (Fsp3) is 0.438. The van der Waals surface area contributed by atoms with E-state index < -0.39 is 0 Å². The van der Waals surface area contributed by atoms with Gasteiger partial charge in [-0.3, -0.25) is 9.78 Å². The van der Waals surface area contributed by atoms with Crippen molar-refractivity contribution in [1.29, 1.82) is 0 Å². The monoisotopic (exact) mass is 300 g/mol. The number of pyridine rings is 1. The molecule has 3 heterocycles. The standard InChI is InChI=1S/C16H20N4O2/c1-11-4-5-14(17-8-11)16(21)19-6-7-20-13(10-22-3)9-18-15(20)12(19)2/h4-5,8-9,12H,6-7,10H2,1-3H3/t12-/m0/s1. The smallest absolute Gasteiger partial charge is 0.273 e. The van der Waals surface area contributed by atoms with Gasteiger partial charge in [0.2, 0.25) is 0 Å². The van der Waals surface area contributed by atoms with Crippen molar-refractivity contribution >= 4 is 5.91 Å². The predicted octanol–water partition coefficient (Wildman–Crippen LogP) is 1.95. The topological polar surface area (TPSA) is 60.2 Å². The maximum Gasteiger partial charge on any atom is 0.273 e. The minimum Gasteiger partial charge on any atom is -0.378 e. The largest absolute Gasteiger partial charge is 0.378 e. The Balaban J connectivity index is 1.84. The molecule has 0 aromatic carbocycles. The van der Waals surface area contributed by atoms with Crippen LogP contribution in [0.15, 0.2) is 24.5 Å². The summed E-state index contributed by atoms with van der Waals surface area (Å²) >= 11 is 0. The van der Waals surface area contributed by atoms with Crippen LogP contribution in [0.4, 0.5) is 0 Å². The van der Waals surface area contributed by atoms with Crippen LogP contribution in [0, 0.1) is 6.92 Å². The van der Waals surface area contributed by atoms with E-state index in [0.29, 0.717) is 18.8 Å². The van der Waals surface area contributed by atoms with E-state index in [1.54, 1.807) is 19.4 Å². The van der Waals surface area contributed by atoms with Crippen molar-refractivity contribution in [3.05, 3.63) is 47.3 Å². The second-order valence-electron chi connectivity index (χ2n) is 5.59. The summed E-state index contributed by atoms with van der Waals surface area (Å²) in [6.45, 7) is 5.87. The number of imidazole rings is 1. The Bertz CT molecular complexity index is 678. The first-order valence-corrected chi connectivity index (χ1v) is 7.38. The number of carbonyl (C=O) groups is 1. The Labute approximate surface area is 129 Å². The Hall–Kier alpha value is -2.21. The van der Waals surface area contributed by atoms with Gasteiger partial charge >= 0.3 is 0 Å². The van der Waals surface area contributed by atoms with Gasteiger partial charge in [0.15, 0.2) is 0 Å². The Morgan fingerprint density at radius 1 is 1.32 bits per heavy atom. The maximum absolute atomic E-state index is 12.7. The second kappa shape index (κ2) is 5.88. The molecule has 0 saturated carbocycles. The summed E-state index contributed by atoms with van der Waals surface area (Å²) in [6, 6.07) is 3.61. The first kappa shape index (κ1) is 14.7. The minimum atomic E-state index is -0.0741. The quantitative estimate of drug-likeness (QED) is 0.869. The van der Waals surface area contributed by atoms with E-state index in [1.807, 2.05) is 31.0 Å². The molecular formula is C16H20N4O2. The molecule has 6 heteroatoms. The van der Waals surface area contributed by atoms with Crippen LogP contribution in [0.1, 0.15) is 40.5 Å². The van der Waals surface area contributed by atoms with E-state index in [-0.39, 0.29) is 11.9 Å². The van der Waals surface area contributed by atoms with Gasteiger partial charge in [0.05, 0.1) is 24.5 Å². The van der Waals surface area contributed by atoms with E-state index in [0.717, 1.165) is 23.6 Å². The third-order valence-electron chi connectivity index (χ3n) is 4.06. The number of aromatic nitrogens is 3.